The summed E-state index contributed by atoms with van der Waals surface area (Å²) in [5.41, 5.74) is 0. The normalized spacial score (nSPS) is 10.9. The zero-order valence-corrected chi connectivity index (χ0v) is 11.9. The molecule has 0 atom stereocenters. The Kier molecular flexibility index (Phi) is 6.63. The zero-order valence-electron chi connectivity index (χ0n) is 10.3. The van der Waals surface area contributed by atoms with Gasteiger partial charge in [0.15, 0.2) is 0 Å². The van der Waals surface area contributed by atoms with Crippen LogP contribution >= 0.6 is 23.2 Å². The third-order valence-corrected chi connectivity index (χ3v) is 3.01. The van der Waals surface area contributed by atoms with Gasteiger partial charge < -0.3 is 10.2 Å². The van der Waals surface area contributed by atoms with Gasteiger partial charge in [-0.3, -0.25) is 0 Å². The summed E-state index contributed by atoms with van der Waals surface area (Å²) in [6, 6.07) is 1.70. The fourth-order valence-corrected chi connectivity index (χ4v) is 2.07. The van der Waals surface area contributed by atoms with Crippen molar-refractivity contribution in [3.63, 3.8) is 0 Å². The molecule has 0 bridgehead atoms. The molecule has 0 saturated heterocycles. The Labute approximate surface area is 113 Å². The fraction of sp³-hybridized carbons (Fsp3) is 0.583. The molecule has 0 radical (unpaired) electrons. The van der Waals surface area contributed by atoms with E-state index in [4.69, 9.17) is 23.2 Å². The Morgan fingerprint density at radius 1 is 1.29 bits per heavy atom. The van der Waals surface area contributed by atoms with Gasteiger partial charge in [0.2, 0.25) is 0 Å². The van der Waals surface area contributed by atoms with Crippen molar-refractivity contribution in [1.82, 2.24) is 9.88 Å². The molecule has 1 heterocycles. The van der Waals surface area contributed by atoms with Gasteiger partial charge >= 0.3 is 0 Å². The molecule has 1 N–H and O–H groups in total. The van der Waals surface area contributed by atoms with Crippen LogP contribution in [0.2, 0.25) is 10.0 Å². The number of anilines is 1. The monoisotopic (exact) mass is 275 g/mol. The Morgan fingerprint density at radius 2 is 2.06 bits per heavy atom. The average Bonchev–Trinajstić information content (AvgIpc) is 2.30. The van der Waals surface area contributed by atoms with Crippen LogP contribution in [0, 0.1) is 0 Å². The molecular weight excluding hydrogens is 257 g/mol. The third-order valence-electron chi connectivity index (χ3n) is 2.52. The lowest BCUT2D eigenvalue weighted by Crippen LogP contribution is -2.29. The molecule has 1 rings (SSSR count). The standard InChI is InChI=1S/C12H19Cl2N3/c1-3-6-17(4-2)7-5-15-12-11(14)8-10(13)9-16-12/h8-9H,3-7H2,1-2H3,(H,15,16). The highest BCUT2D eigenvalue weighted by atomic mass is 35.5. The van der Waals surface area contributed by atoms with Gasteiger partial charge in [0, 0.05) is 19.3 Å². The van der Waals surface area contributed by atoms with Crippen molar-refractivity contribution in [2.45, 2.75) is 20.3 Å². The molecule has 0 aliphatic rings. The number of aromatic nitrogens is 1. The van der Waals surface area contributed by atoms with Crippen molar-refractivity contribution < 1.29 is 0 Å². The molecular formula is C12H19Cl2N3. The van der Waals surface area contributed by atoms with Gasteiger partial charge in [-0.25, -0.2) is 4.98 Å². The number of nitrogens with zero attached hydrogens (tertiary/aromatic N) is 2. The minimum absolute atomic E-state index is 0.557. The molecule has 0 unspecified atom stereocenters. The van der Waals surface area contributed by atoms with Crippen molar-refractivity contribution in [2.75, 3.05) is 31.5 Å². The molecule has 3 nitrogen and oxygen atoms in total. The van der Waals surface area contributed by atoms with Gasteiger partial charge in [0.05, 0.1) is 10.0 Å². The Hall–Kier alpha value is -0.510. The number of rotatable bonds is 7. The molecule has 17 heavy (non-hydrogen) atoms. The van der Waals surface area contributed by atoms with Crippen molar-refractivity contribution in [3.05, 3.63) is 22.3 Å². The molecule has 1 aromatic heterocycles. The van der Waals surface area contributed by atoms with E-state index in [1.165, 1.54) is 6.42 Å². The SMILES string of the molecule is CCCN(CC)CCNc1ncc(Cl)cc1Cl. The smallest absolute Gasteiger partial charge is 0.144 e. The molecule has 1 aromatic rings. The number of hydrogen-bond acceptors (Lipinski definition) is 3. The predicted molar refractivity (Wildman–Crippen MR) is 75.2 cm³/mol. The summed E-state index contributed by atoms with van der Waals surface area (Å²) in [5.74, 6) is 0.698. The Morgan fingerprint density at radius 3 is 2.65 bits per heavy atom. The van der Waals surface area contributed by atoms with Gasteiger partial charge in [-0.05, 0) is 25.6 Å². The third kappa shape index (κ3) is 5.11. The van der Waals surface area contributed by atoms with Crippen LogP contribution in [0.25, 0.3) is 0 Å². The van der Waals surface area contributed by atoms with Gasteiger partial charge in [-0.2, -0.15) is 0 Å². The summed E-state index contributed by atoms with van der Waals surface area (Å²) in [7, 11) is 0. The molecule has 96 valence electrons. The van der Waals surface area contributed by atoms with Crippen LogP contribution in [0.5, 0.6) is 0 Å². The lowest BCUT2D eigenvalue weighted by Gasteiger charge is -2.19. The second-order valence-corrected chi connectivity index (χ2v) is 4.69. The maximum Gasteiger partial charge on any atom is 0.144 e. The Balaban J connectivity index is 2.39. The second-order valence-electron chi connectivity index (χ2n) is 3.85. The van der Waals surface area contributed by atoms with Gasteiger partial charge in [-0.15, -0.1) is 0 Å². The molecule has 0 amide bonds. The topological polar surface area (TPSA) is 28.2 Å². The summed E-state index contributed by atoms with van der Waals surface area (Å²) in [5, 5.41) is 4.34. The van der Waals surface area contributed by atoms with E-state index < -0.39 is 0 Å². The summed E-state index contributed by atoms with van der Waals surface area (Å²) < 4.78 is 0. The largest absolute Gasteiger partial charge is 0.368 e. The number of pyridine rings is 1. The minimum atomic E-state index is 0.557. The van der Waals surface area contributed by atoms with E-state index in [1.807, 2.05) is 0 Å². The van der Waals surface area contributed by atoms with E-state index in [9.17, 15) is 0 Å². The highest BCUT2D eigenvalue weighted by Gasteiger charge is 2.04. The second kappa shape index (κ2) is 7.75. The minimum Gasteiger partial charge on any atom is -0.368 e. The molecule has 0 aliphatic heterocycles. The van der Waals surface area contributed by atoms with Crippen LogP contribution in [0.1, 0.15) is 20.3 Å². The predicted octanol–water partition coefficient (Wildman–Crippen LogP) is 3.53. The Bertz CT molecular complexity index is 345. The average molecular weight is 276 g/mol. The molecule has 0 spiro atoms. The van der Waals surface area contributed by atoms with E-state index in [2.05, 4.69) is 29.0 Å². The summed E-state index contributed by atoms with van der Waals surface area (Å²) >= 11 is 11.8. The van der Waals surface area contributed by atoms with Gasteiger partial charge in [-0.1, -0.05) is 37.0 Å². The quantitative estimate of drug-likeness (QED) is 0.825. The molecule has 0 aliphatic carbocycles. The number of halogens is 2. The van der Waals surface area contributed by atoms with Gasteiger partial charge in [0.25, 0.3) is 0 Å². The van der Waals surface area contributed by atoms with Crippen LogP contribution < -0.4 is 5.32 Å². The first kappa shape index (κ1) is 14.6. The molecule has 0 fully saturated rings. The zero-order chi connectivity index (χ0) is 12.7. The van der Waals surface area contributed by atoms with Crippen LogP contribution in [-0.2, 0) is 0 Å². The maximum atomic E-state index is 6.02. The summed E-state index contributed by atoms with van der Waals surface area (Å²) in [4.78, 5) is 6.54. The van der Waals surface area contributed by atoms with Gasteiger partial charge in [0.1, 0.15) is 5.82 Å². The number of hydrogen-bond donors (Lipinski definition) is 1. The molecule has 5 heteroatoms. The lowest BCUT2D eigenvalue weighted by molar-refractivity contribution is 0.300. The highest BCUT2D eigenvalue weighted by Crippen LogP contribution is 2.22. The lowest BCUT2D eigenvalue weighted by atomic mass is 10.4. The van der Waals surface area contributed by atoms with Crippen molar-refractivity contribution >= 4 is 29.0 Å². The summed E-state index contributed by atoms with van der Waals surface area (Å²) in [6.45, 7) is 8.38. The van der Waals surface area contributed by atoms with Crippen LogP contribution in [-0.4, -0.2) is 36.1 Å². The number of likely N-dealkylation sites (N-methyl/N-ethyl adjacent to an activating group) is 1. The first-order chi connectivity index (χ1) is 8.17. The first-order valence-corrected chi connectivity index (χ1v) is 6.70. The van der Waals surface area contributed by atoms with E-state index in [0.29, 0.717) is 15.9 Å². The van der Waals surface area contributed by atoms with E-state index in [0.717, 1.165) is 26.2 Å². The van der Waals surface area contributed by atoms with Crippen molar-refractivity contribution in [1.29, 1.82) is 0 Å². The summed E-state index contributed by atoms with van der Waals surface area (Å²) in [6.07, 6.45) is 2.77. The van der Waals surface area contributed by atoms with Crippen molar-refractivity contribution in [2.24, 2.45) is 0 Å². The highest BCUT2D eigenvalue weighted by molar-refractivity contribution is 6.35. The van der Waals surface area contributed by atoms with E-state index in [1.54, 1.807) is 12.3 Å². The van der Waals surface area contributed by atoms with E-state index in [-0.39, 0.29) is 0 Å². The first-order valence-electron chi connectivity index (χ1n) is 5.94. The molecule has 0 saturated carbocycles. The maximum absolute atomic E-state index is 6.02. The molecule has 0 aromatic carbocycles. The van der Waals surface area contributed by atoms with E-state index >= 15 is 0 Å². The van der Waals surface area contributed by atoms with Crippen LogP contribution in [0.4, 0.5) is 5.82 Å². The fourth-order valence-electron chi connectivity index (χ4n) is 1.62. The van der Waals surface area contributed by atoms with Crippen LogP contribution in [0.15, 0.2) is 12.3 Å². The van der Waals surface area contributed by atoms with Crippen molar-refractivity contribution in [3.8, 4) is 0 Å². The van der Waals surface area contributed by atoms with Crippen LogP contribution in [0.3, 0.4) is 0 Å². The number of nitrogens with one attached hydrogen (secondary N) is 1.